The van der Waals surface area contributed by atoms with Crippen molar-refractivity contribution >= 4 is 48.8 Å². The Morgan fingerprint density at radius 3 is 2.65 bits per heavy atom. The van der Waals surface area contributed by atoms with Crippen LogP contribution in [0.25, 0.3) is 16.7 Å². The number of fused-ring (bicyclic) bond motifs is 1. The van der Waals surface area contributed by atoms with Crippen molar-refractivity contribution in [3.05, 3.63) is 50.7 Å². The molecule has 1 aromatic heterocycles. The molecule has 0 aliphatic heterocycles. The van der Waals surface area contributed by atoms with Crippen LogP contribution in [-0.4, -0.2) is 9.55 Å². The number of imidazole rings is 1. The molecule has 0 bridgehead atoms. The smallest absolute Gasteiger partial charge is 0.205 e. The molecule has 1 heterocycles. The minimum Gasteiger partial charge on any atom is -0.369 e. The number of aromatic nitrogens is 2. The van der Waals surface area contributed by atoms with Gasteiger partial charge in [-0.05, 0) is 52.7 Å². The van der Waals surface area contributed by atoms with Crippen LogP contribution in [0.5, 0.6) is 0 Å². The molecule has 0 radical (unpaired) electrons. The highest BCUT2D eigenvalue weighted by Gasteiger charge is 2.14. The van der Waals surface area contributed by atoms with Crippen molar-refractivity contribution in [2.45, 2.75) is 6.92 Å². The van der Waals surface area contributed by atoms with Gasteiger partial charge in [-0.1, -0.05) is 15.9 Å². The highest BCUT2D eigenvalue weighted by atomic mass is 79.9. The molecule has 3 nitrogen and oxygen atoms in total. The SMILES string of the molecule is Cc1cc(Br)ccc1-n1c(N)nc2cc(F)c(Br)cc21. The molecular formula is C14H10Br2FN3. The molecule has 0 fully saturated rings. The van der Waals surface area contributed by atoms with Crippen molar-refractivity contribution in [3.63, 3.8) is 0 Å². The Hall–Kier alpha value is -1.40. The molecule has 2 N–H and O–H groups in total. The molecule has 0 aliphatic rings. The Morgan fingerprint density at radius 1 is 1.20 bits per heavy atom. The van der Waals surface area contributed by atoms with Crippen LogP contribution in [-0.2, 0) is 0 Å². The van der Waals surface area contributed by atoms with Crippen LogP contribution in [0, 0.1) is 12.7 Å². The lowest BCUT2D eigenvalue weighted by molar-refractivity contribution is 0.623. The zero-order chi connectivity index (χ0) is 14.4. The Bertz CT molecular complexity index is 827. The predicted octanol–water partition coefficient (Wildman–Crippen LogP) is 4.58. The number of nitrogens with zero attached hydrogens (tertiary/aromatic N) is 2. The van der Waals surface area contributed by atoms with E-state index in [1.165, 1.54) is 6.07 Å². The normalized spacial score (nSPS) is 11.2. The van der Waals surface area contributed by atoms with E-state index < -0.39 is 0 Å². The number of nitrogen functional groups attached to an aromatic ring is 1. The summed E-state index contributed by atoms with van der Waals surface area (Å²) in [6, 6.07) is 8.95. The molecule has 0 amide bonds. The number of hydrogen-bond acceptors (Lipinski definition) is 2. The maximum Gasteiger partial charge on any atom is 0.205 e. The Kier molecular flexibility index (Phi) is 3.30. The van der Waals surface area contributed by atoms with E-state index >= 15 is 0 Å². The summed E-state index contributed by atoms with van der Waals surface area (Å²) in [6.07, 6.45) is 0. The topological polar surface area (TPSA) is 43.8 Å². The lowest BCUT2D eigenvalue weighted by Crippen LogP contribution is -2.02. The number of aryl methyl sites for hydroxylation is 1. The highest BCUT2D eigenvalue weighted by Crippen LogP contribution is 2.30. The second kappa shape index (κ2) is 4.86. The number of halogens is 3. The summed E-state index contributed by atoms with van der Waals surface area (Å²) in [5.41, 5.74) is 9.26. The van der Waals surface area contributed by atoms with Crippen LogP contribution >= 0.6 is 31.9 Å². The molecule has 0 atom stereocenters. The van der Waals surface area contributed by atoms with Crippen molar-refractivity contribution < 1.29 is 4.39 Å². The van der Waals surface area contributed by atoms with Gasteiger partial charge in [-0.15, -0.1) is 0 Å². The Balaban J connectivity index is 2.35. The number of hydrogen-bond donors (Lipinski definition) is 1. The Morgan fingerprint density at radius 2 is 1.95 bits per heavy atom. The van der Waals surface area contributed by atoms with E-state index in [1.54, 1.807) is 6.07 Å². The van der Waals surface area contributed by atoms with Crippen molar-refractivity contribution in [1.29, 1.82) is 0 Å². The monoisotopic (exact) mass is 397 g/mol. The first kappa shape index (κ1) is 13.6. The minimum atomic E-state index is -0.352. The van der Waals surface area contributed by atoms with Gasteiger partial charge in [0.25, 0.3) is 0 Å². The lowest BCUT2D eigenvalue weighted by atomic mass is 10.2. The van der Waals surface area contributed by atoms with Gasteiger partial charge in [0.15, 0.2) is 0 Å². The van der Waals surface area contributed by atoms with Gasteiger partial charge in [-0.2, -0.15) is 0 Å². The summed E-state index contributed by atoms with van der Waals surface area (Å²) >= 11 is 6.63. The fraction of sp³-hybridized carbons (Fsp3) is 0.0714. The third-order valence-electron chi connectivity index (χ3n) is 3.12. The Labute approximate surface area is 131 Å². The van der Waals surface area contributed by atoms with E-state index in [0.717, 1.165) is 21.2 Å². The number of rotatable bonds is 1. The third kappa shape index (κ3) is 2.13. The molecule has 20 heavy (non-hydrogen) atoms. The van der Waals surface area contributed by atoms with Crippen LogP contribution < -0.4 is 5.73 Å². The zero-order valence-electron chi connectivity index (χ0n) is 10.5. The molecule has 0 aliphatic carbocycles. The van der Waals surface area contributed by atoms with E-state index in [1.807, 2.05) is 29.7 Å². The highest BCUT2D eigenvalue weighted by molar-refractivity contribution is 9.10. The molecule has 3 aromatic rings. The standard InChI is InChI=1S/C14H10Br2FN3/c1-7-4-8(15)2-3-12(7)20-13-5-9(16)10(17)6-11(13)19-14(20)18/h2-6H,1H3,(H2,18,19). The average Bonchev–Trinajstić information content (AvgIpc) is 2.66. The molecule has 0 spiro atoms. The molecule has 3 rings (SSSR count). The second-order valence-electron chi connectivity index (χ2n) is 4.49. The number of nitrogens with two attached hydrogens (primary N) is 1. The molecular weight excluding hydrogens is 389 g/mol. The largest absolute Gasteiger partial charge is 0.369 e. The first-order chi connectivity index (χ1) is 9.47. The van der Waals surface area contributed by atoms with Crippen LogP contribution in [0.3, 0.4) is 0 Å². The molecule has 0 saturated heterocycles. The first-order valence-corrected chi connectivity index (χ1v) is 7.45. The van der Waals surface area contributed by atoms with Gasteiger partial charge in [0.2, 0.25) is 5.95 Å². The van der Waals surface area contributed by atoms with E-state index in [9.17, 15) is 4.39 Å². The van der Waals surface area contributed by atoms with Crippen LogP contribution in [0.2, 0.25) is 0 Å². The van der Waals surface area contributed by atoms with E-state index in [0.29, 0.717) is 15.9 Å². The van der Waals surface area contributed by atoms with Crippen LogP contribution in [0.4, 0.5) is 10.3 Å². The van der Waals surface area contributed by atoms with Crippen LogP contribution in [0.1, 0.15) is 5.56 Å². The minimum absolute atomic E-state index is 0.336. The van der Waals surface area contributed by atoms with Crippen LogP contribution in [0.15, 0.2) is 39.3 Å². The van der Waals surface area contributed by atoms with Crippen molar-refractivity contribution in [2.24, 2.45) is 0 Å². The van der Waals surface area contributed by atoms with Gasteiger partial charge in [0, 0.05) is 10.5 Å². The summed E-state index contributed by atoms with van der Waals surface area (Å²) in [4.78, 5) is 4.22. The number of benzene rings is 2. The van der Waals surface area contributed by atoms with Crippen molar-refractivity contribution in [1.82, 2.24) is 9.55 Å². The van der Waals surface area contributed by atoms with Gasteiger partial charge in [-0.3, -0.25) is 4.57 Å². The first-order valence-electron chi connectivity index (χ1n) is 5.87. The third-order valence-corrected chi connectivity index (χ3v) is 4.22. The molecule has 2 aromatic carbocycles. The second-order valence-corrected chi connectivity index (χ2v) is 6.26. The van der Waals surface area contributed by atoms with Gasteiger partial charge in [-0.25, -0.2) is 9.37 Å². The number of anilines is 1. The van der Waals surface area contributed by atoms with E-state index in [4.69, 9.17) is 5.73 Å². The van der Waals surface area contributed by atoms with Gasteiger partial charge < -0.3 is 5.73 Å². The summed E-state index contributed by atoms with van der Waals surface area (Å²) < 4.78 is 16.8. The maximum absolute atomic E-state index is 13.6. The molecule has 0 saturated carbocycles. The average molecular weight is 399 g/mol. The lowest BCUT2D eigenvalue weighted by Gasteiger charge is -2.10. The summed E-state index contributed by atoms with van der Waals surface area (Å²) in [5, 5.41) is 0. The summed E-state index contributed by atoms with van der Waals surface area (Å²) in [7, 11) is 0. The fourth-order valence-electron chi connectivity index (χ4n) is 2.21. The summed E-state index contributed by atoms with van der Waals surface area (Å²) in [5.74, 6) is -0.0161. The molecule has 6 heteroatoms. The van der Waals surface area contributed by atoms with Crippen molar-refractivity contribution in [3.8, 4) is 5.69 Å². The predicted molar refractivity (Wildman–Crippen MR) is 85.6 cm³/mol. The van der Waals surface area contributed by atoms with Gasteiger partial charge >= 0.3 is 0 Å². The van der Waals surface area contributed by atoms with E-state index in [-0.39, 0.29) is 5.82 Å². The molecule has 102 valence electrons. The summed E-state index contributed by atoms with van der Waals surface area (Å²) in [6.45, 7) is 1.99. The quantitative estimate of drug-likeness (QED) is 0.651. The zero-order valence-corrected chi connectivity index (χ0v) is 13.7. The molecule has 0 unspecified atom stereocenters. The van der Waals surface area contributed by atoms with Gasteiger partial charge in [0.05, 0.1) is 21.2 Å². The van der Waals surface area contributed by atoms with Crippen molar-refractivity contribution in [2.75, 3.05) is 5.73 Å². The fourth-order valence-corrected chi connectivity index (χ4v) is 3.02. The van der Waals surface area contributed by atoms with E-state index in [2.05, 4.69) is 36.8 Å². The van der Waals surface area contributed by atoms with Gasteiger partial charge in [0.1, 0.15) is 5.82 Å². The maximum atomic E-state index is 13.6.